The summed E-state index contributed by atoms with van der Waals surface area (Å²) in [6, 6.07) is 24.0. The SMILES string of the molecule is Cc1cc(NC(=O)Cc2ccc(-c3ccccc3)cc2)ccc1N1CCCC1=O. The highest BCUT2D eigenvalue weighted by Gasteiger charge is 2.23. The van der Waals surface area contributed by atoms with Crippen molar-refractivity contribution < 1.29 is 9.59 Å². The minimum Gasteiger partial charge on any atom is -0.326 e. The van der Waals surface area contributed by atoms with Crippen LogP contribution in [-0.2, 0) is 16.0 Å². The summed E-state index contributed by atoms with van der Waals surface area (Å²) in [7, 11) is 0. The number of carbonyl (C=O) groups is 2. The number of rotatable bonds is 5. The van der Waals surface area contributed by atoms with Gasteiger partial charge in [-0.2, -0.15) is 0 Å². The summed E-state index contributed by atoms with van der Waals surface area (Å²) in [4.78, 5) is 26.3. The minimum atomic E-state index is -0.0538. The Labute approximate surface area is 171 Å². The highest BCUT2D eigenvalue weighted by atomic mass is 16.2. The molecule has 1 N–H and O–H groups in total. The molecule has 0 saturated carbocycles. The second-order valence-electron chi connectivity index (χ2n) is 7.44. The van der Waals surface area contributed by atoms with Crippen LogP contribution in [0, 0.1) is 6.92 Å². The molecule has 1 aliphatic heterocycles. The molecule has 146 valence electrons. The summed E-state index contributed by atoms with van der Waals surface area (Å²) >= 11 is 0. The lowest BCUT2D eigenvalue weighted by molar-refractivity contribution is -0.117. The number of nitrogens with one attached hydrogen (secondary N) is 1. The van der Waals surface area contributed by atoms with Crippen molar-refractivity contribution in [3.63, 3.8) is 0 Å². The number of carbonyl (C=O) groups excluding carboxylic acids is 2. The van der Waals surface area contributed by atoms with Crippen molar-refractivity contribution in [2.75, 3.05) is 16.8 Å². The normalized spacial score (nSPS) is 13.6. The maximum Gasteiger partial charge on any atom is 0.228 e. The molecule has 1 fully saturated rings. The predicted molar refractivity (Wildman–Crippen MR) is 117 cm³/mol. The van der Waals surface area contributed by atoms with E-state index in [-0.39, 0.29) is 11.8 Å². The monoisotopic (exact) mass is 384 g/mol. The van der Waals surface area contributed by atoms with Crippen molar-refractivity contribution in [1.29, 1.82) is 0 Å². The smallest absolute Gasteiger partial charge is 0.228 e. The van der Waals surface area contributed by atoms with Crippen LogP contribution in [-0.4, -0.2) is 18.4 Å². The zero-order valence-electron chi connectivity index (χ0n) is 16.5. The molecule has 4 heteroatoms. The quantitative estimate of drug-likeness (QED) is 0.675. The highest BCUT2D eigenvalue weighted by Crippen LogP contribution is 2.27. The third-order valence-corrected chi connectivity index (χ3v) is 5.27. The molecule has 4 rings (SSSR count). The molecule has 0 aromatic heterocycles. The van der Waals surface area contributed by atoms with Crippen LogP contribution >= 0.6 is 0 Å². The van der Waals surface area contributed by atoms with Crippen LogP contribution in [0.5, 0.6) is 0 Å². The molecule has 3 aromatic rings. The van der Waals surface area contributed by atoms with E-state index >= 15 is 0 Å². The van der Waals surface area contributed by atoms with Gasteiger partial charge in [0.15, 0.2) is 0 Å². The molecule has 29 heavy (non-hydrogen) atoms. The molecule has 1 saturated heterocycles. The van der Waals surface area contributed by atoms with Gasteiger partial charge >= 0.3 is 0 Å². The first kappa shape index (κ1) is 18.9. The zero-order valence-corrected chi connectivity index (χ0v) is 16.5. The van der Waals surface area contributed by atoms with Crippen LogP contribution in [0.2, 0.25) is 0 Å². The van der Waals surface area contributed by atoms with Gasteiger partial charge in [0.05, 0.1) is 6.42 Å². The van der Waals surface area contributed by atoms with Crippen LogP contribution < -0.4 is 10.2 Å². The van der Waals surface area contributed by atoms with Gasteiger partial charge < -0.3 is 10.2 Å². The van der Waals surface area contributed by atoms with Crippen molar-refractivity contribution >= 4 is 23.2 Å². The number of anilines is 2. The van der Waals surface area contributed by atoms with Crippen molar-refractivity contribution in [3.05, 3.63) is 83.9 Å². The lowest BCUT2D eigenvalue weighted by atomic mass is 10.0. The first-order chi connectivity index (χ1) is 14.1. The predicted octanol–water partition coefficient (Wildman–Crippen LogP) is 4.97. The van der Waals surface area contributed by atoms with Gasteiger partial charge in [0.1, 0.15) is 0 Å². The van der Waals surface area contributed by atoms with E-state index in [0.717, 1.165) is 46.6 Å². The summed E-state index contributed by atoms with van der Waals surface area (Å²) in [5, 5.41) is 2.96. The molecule has 0 bridgehead atoms. The third kappa shape index (κ3) is 4.37. The van der Waals surface area contributed by atoms with Gasteiger partial charge in [0.25, 0.3) is 0 Å². The van der Waals surface area contributed by atoms with E-state index in [4.69, 9.17) is 0 Å². The van der Waals surface area contributed by atoms with Gasteiger partial charge in [-0.25, -0.2) is 0 Å². The van der Waals surface area contributed by atoms with Crippen molar-refractivity contribution in [2.45, 2.75) is 26.2 Å². The van der Waals surface area contributed by atoms with E-state index in [1.54, 1.807) is 0 Å². The molecule has 3 aromatic carbocycles. The summed E-state index contributed by atoms with van der Waals surface area (Å²) < 4.78 is 0. The Balaban J connectivity index is 1.39. The summed E-state index contributed by atoms with van der Waals surface area (Å²) in [5.74, 6) is 0.116. The van der Waals surface area contributed by atoms with Crippen LogP contribution in [0.25, 0.3) is 11.1 Å². The standard InChI is InChI=1S/C25H24N2O2/c1-18-16-22(13-14-23(18)27-15-5-8-25(27)29)26-24(28)17-19-9-11-21(12-10-19)20-6-3-2-4-7-20/h2-4,6-7,9-14,16H,5,8,15,17H2,1H3,(H,26,28). The van der Waals surface area contributed by atoms with Gasteiger partial charge in [0, 0.05) is 24.3 Å². The van der Waals surface area contributed by atoms with Gasteiger partial charge in [0.2, 0.25) is 11.8 Å². The van der Waals surface area contributed by atoms with Gasteiger partial charge in [-0.3, -0.25) is 9.59 Å². The Hall–Kier alpha value is -3.40. The largest absolute Gasteiger partial charge is 0.326 e. The van der Waals surface area contributed by atoms with Gasteiger partial charge in [-0.1, -0.05) is 54.6 Å². The van der Waals surface area contributed by atoms with Crippen LogP contribution in [0.4, 0.5) is 11.4 Å². The molecular formula is C25H24N2O2. The Morgan fingerprint density at radius 2 is 1.69 bits per heavy atom. The molecule has 1 heterocycles. The molecule has 1 aliphatic rings. The van der Waals surface area contributed by atoms with Crippen molar-refractivity contribution in [1.82, 2.24) is 0 Å². The number of benzene rings is 3. The lowest BCUT2D eigenvalue weighted by Crippen LogP contribution is -2.24. The maximum absolute atomic E-state index is 12.5. The van der Waals surface area contributed by atoms with Crippen molar-refractivity contribution in [3.8, 4) is 11.1 Å². The van der Waals surface area contributed by atoms with Crippen LogP contribution in [0.3, 0.4) is 0 Å². The number of amides is 2. The summed E-state index contributed by atoms with van der Waals surface area (Å²) in [5.41, 5.74) is 5.95. The molecule has 2 amide bonds. The fourth-order valence-corrected chi connectivity index (χ4v) is 3.78. The Morgan fingerprint density at radius 3 is 2.34 bits per heavy atom. The van der Waals surface area contributed by atoms with E-state index in [0.29, 0.717) is 12.8 Å². The van der Waals surface area contributed by atoms with Gasteiger partial charge in [-0.15, -0.1) is 0 Å². The van der Waals surface area contributed by atoms with Crippen LogP contribution in [0.15, 0.2) is 72.8 Å². The average Bonchev–Trinajstić information content (AvgIpc) is 3.15. The molecule has 0 atom stereocenters. The first-order valence-corrected chi connectivity index (χ1v) is 9.95. The molecule has 0 aliphatic carbocycles. The number of hydrogen-bond acceptors (Lipinski definition) is 2. The third-order valence-electron chi connectivity index (χ3n) is 5.27. The number of hydrogen-bond donors (Lipinski definition) is 1. The molecule has 0 radical (unpaired) electrons. The van der Waals surface area contributed by atoms with E-state index < -0.39 is 0 Å². The first-order valence-electron chi connectivity index (χ1n) is 9.95. The number of nitrogens with zero attached hydrogens (tertiary/aromatic N) is 1. The number of aryl methyl sites for hydroxylation is 1. The molecule has 4 nitrogen and oxygen atoms in total. The lowest BCUT2D eigenvalue weighted by Gasteiger charge is -2.19. The highest BCUT2D eigenvalue weighted by molar-refractivity contribution is 5.97. The Morgan fingerprint density at radius 1 is 0.966 bits per heavy atom. The zero-order chi connectivity index (χ0) is 20.2. The van der Waals surface area contributed by atoms with E-state index in [9.17, 15) is 9.59 Å². The fraction of sp³-hybridized carbons (Fsp3) is 0.200. The Kier molecular flexibility index (Phi) is 5.43. The van der Waals surface area contributed by atoms with Crippen LogP contribution in [0.1, 0.15) is 24.0 Å². The summed E-state index contributed by atoms with van der Waals surface area (Å²) in [6.45, 7) is 2.74. The molecule has 0 spiro atoms. The topological polar surface area (TPSA) is 49.4 Å². The van der Waals surface area contributed by atoms with E-state index in [2.05, 4.69) is 17.4 Å². The average molecular weight is 384 g/mol. The van der Waals surface area contributed by atoms with E-state index in [1.807, 2.05) is 72.5 Å². The second-order valence-corrected chi connectivity index (χ2v) is 7.44. The second kappa shape index (κ2) is 8.31. The van der Waals surface area contributed by atoms with E-state index in [1.165, 1.54) is 0 Å². The Bertz CT molecular complexity index is 1030. The summed E-state index contributed by atoms with van der Waals surface area (Å²) in [6.07, 6.45) is 1.83. The fourth-order valence-electron chi connectivity index (χ4n) is 3.78. The molecular weight excluding hydrogens is 360 g/mol. The van der Waals surface area contributed by atoms with Crippen molar-refractivity contribution in [2.24, 2.45) is 0 Å². The minimum absolute atomic E-state index is 0.0538. The maximum atomic E-state index is 12.5. The molecule has 0 unspecified atom stereocenters. The van der Waals surface area contributed by atoms with Gasteiger partial charge in [-0.05, 0) is 53.8 Å².